The van der Waals surface area contributed by atoms with E-state index in [0.29, 0.717) is 5.41 Å². The van der Waals surface area contributed by atoms with E-state index in [0.717, 1.165) is 35.6 Å². The van der Waals surface area contributed by atoms with Gasteiger partial charge in [0.15, 0.2) is 0 Å². The van der Waals surface area contributed by atoms with E-state index in [2.05, 4.69) is 5.32 Å². The van der Waals surface area contributed by atoms with Crippen molar-refractivity contribution in [3.63, 3.8) is 0 Å². The molecule has 25 heavy (non-hydrogen) atoms. The summed E-state index contributed by atoms with van der Waals surface area (Å²) in [5.74, 6) is 3.79. The lowest BCUT2D eigenvalue weighted by Gasteiger charge is -2.57. The fraction of sp³-hybridized carbons (Fsp3) is 0.591. The average molecular weight is 339 g/mol. The lowest BCUT2D eigenvalue weighted by molar-refractivity contribution is -0.116. The summed E-state index contributed by atoms with van der Waals surface area (Å²) in [4.78, 5) is 12.1. The number of ether oxygens (including phenoxy) is 1. The molecule has 0 unspecified atom stereocenters. The van der Waals surface area contributed by atoms with Gasteiger partial charge in [-0.25, -0.2) is 0 Å². The van der Waals surface area contributed by atoms with E-state index < -0.39 is 0 Å². The molecule has 4 aliphatic rings. The van der Waals surface area contributed by atoms with Crippen LogP contribution >= 0.6 is 0 Å². The second kappa shape index (κ2) is 6.86. The summed E-state index contributed by atoms with van der Waals surface area (Å²) >= 11 is 0. The van der Waals surface area contributed by atoms with Gasteiger partial charge in [-0.3, -0.25) is 4.79 Å². The standard InChI is InChI=1S/C22H29NO2/c1-25-20-5-2-16(3-6-20)4-7-21(24)23-9-8-22-13-17-10-18(14-22)12-19(11-17)15-22/h2-7,17-19H,8-15H2,1H3,(H,23,24)/b7-4+. The van der Waals surface area contributed by atoms with E-state index in [1.54, 1.807) is 13.2 Å². The van der Waals surface area contributed by atoms with E-state index >= 15 is 0 Å². The third kappa shape index (κ3) is 3.75. The first-order valence-corrected chi connectivity index (χ1v) is 9.74. The van der Waals surface area contributed by atoms with Crippen LogP contribution in [0.15, 0.2) is 30.3 Å². The van der Waals surface area contributed by atoms with Crippen LogP contribution in [0, 0.1) is 23.2 Å². The Kier molecular flexibility index (Phi) is 4.58. The van der Waals surface area contributed by atoms with Crippen LogP contribution in [0.4, 0.5) is 0 Å². The van der Waals surface area contributed by atoms with Crippen molar-refractivity contribution in [2.24, 2.45) is 23.2 Å². The Hall–Kier alpha value is -1.77. The van der Waals surface area contributed by atoms with Crippen LogP contribution in [0.3, 0.4) is 0 Å². The Labute approximate surface area is 150 Å². The maximum absolute atomic E-state index is 12.1. The summed E-state index contributed by atoms with van der Waals surface area (Å²) in [6, 6.07) is 7.73. The van der Waals surface area contributed by atoms with Crippen LogP contribution in [0.5, 0.6) is 5.75 Å². The summed E-state index contributed by atoms with van der Waals surface area (Å²) < 4.78 is 5.15. The molecule has 1 aromatic carbocycles. The summed E-state index contributed by atoms with van der Waals surface area (Å²) in [5, 5.41) is 3.10. The van der Waals surface area contributed by atoms with Crippen LogP contribution in [0.1, 0.15) is 50.5 Å². The van der Waals surface area contributed by atoms with E-state index in [1.807, 2.05) is 30.3 Å². The lowest BCUT2D eigenvalue weighted by Crippen LogP contribution is -2.47. The van der Waals surface area contributed by atoms with Crippen molar-refractivity contribution < 1.29 is 9.53 Å². The van der Waals surface area contributed by atoms with Gasteiger partial charge in [0.05, 0.1) is 7.11 Å². The molecule has 4 saturated carbocycles. The van der Waals surface area contributed by atoms with Crippen molar-refractivity contribution in [1.29, 1.82) is 0 Å². The van der Waals surface area contributed by atoms with E-state index in [4.69, 9.17) is 4.74 Å². The second-order valence-corrected chi connectivity index (χ2v) is 8.57. The lowest BCUT2D eigenvalue weighted by atomic mass is 9.49. The van der Waals surface area contributed by atoms with Gasteiger partial charge in [0.25, 0.3) is 0 Å². The van der Waals surface area contributed by atoms with Crippen LogP contribution in [-0.4, -0.2) is 19.6 Å². The molecule has 3 nitrogen and oxygen atoms in total. The van der Waals surface area contributed by atoms with Gasteiger partial charge < -0.3 is 10.1 Å². The molecular formula is C22H29NO2. The molecule has 0 aliphatic heterocycles. The number of methoxy groups -OCH3 is 1. The van der Waals surface area contributed by atoms with Gasteiger partial charge in [0.1, 0.15) is 5.75 Å². The van der Waals surface area contributed by atoms with E-state index in [-0.39, 0.29) is 5.91 Å². The minimum atomic E-state index is 0.0144. The molecule has 1 aromatic rings. The van der Waals surface area contributed by atoms with Crippen LogP contribution in [0.2, 0.25) is 0 Å². The molecule has 4 fully saturated rings. The van der Waals surface area contributed by atoms with Crippen LogP contribution in [-0.2, 0) is 4.79 Å². The van der Waals surface area contributed by atoms with Crippen molar-refractivity contribution in [3.05, 3.63) is 35.9 Å². The topological polar surface area (TPSA) is 38.3 Å². The molecule has 4 aliphatic carbocycles. The summed E-state index contributed by atoms with van der Waals surface area (Å²) in [6.07, 6.45) is 13.4. The molecular weight excluding hydrogens is 310 g/mol. The fourth-order valence-electron chi connectivity index (χ4n) is 5.99. The van der Waals surface area contributed by atoms with Gasteiger partial charge in [-0.05, 0) is 91.9 Å². The molecule has 1 amide bonds. The zero-order valence-corrected chi connectivity index (χ0v) is 15.2. The van der Waals surface area contributed by atoms with E-state index in [1.165, 1.54) is 44.9 Å². The summed E-state index contributed by atoms with van der Waals surface area (Å²) in [6.45, 7) is 0.817. The molecule has 5 rings (SSSR count). The van der Waals surface area contributed by atoms with E-state index in [9.17, 15) is 4.79 Å². The maximum atomic E-state index is 12.1. The maximum Gasteiger partial charge on any atom is 0.243 e. The Morgan fingerprint density at radius 3 is 2.28 bits per heavy atom. The normalized spacial score (nSPS) is 32.9. The molecule has 0 spiro atoms. The van der Waals surface area contributed by atoms with Gasteiger partial charge in [0.2, 0.25) is 5.91 Å². The predicted octanol–water partition coefficient (Wildman–Crippen LogP) is 4.43. The van der Waals surface area contributed by atoms with Gasteiger partial charge in [0, 0.05) is 12.6 Å². The monoisotopic (exact) mass is 339 g/mol. The summed E-state index contributed by atoms with van der Waals surface area (Å²) in [7, 11) is 1.65. The Morgan fingerprint density at radius 1 is 1.12 bits per heavy atom. The number of carbonyl (C=O) groups excluding carboxylic acids is 1. The highest BCUT2D eigenvalue weighted by Gasteiger charge is 2.50. The second-order valence-electron chi connectivity index (χ2n) is 8.57. The van der Waals surface area contributed by atoms with Crippen molar-refractivity contribution in [1.82, 2.24) is 5.32 Å². The molecule has 134 valence electrons. The Morgan fingerprint density at radius 2 is 1.72 bits per heavy atom. The van der Waals surface area contributed by atoms with Crippen LogP contribution < -0.4 is 10.1 Å². The molecule has 0 saturated heterocycles. The summed E-state index contributed by atoms with van der Waals surface area (Å²) in [5.41, 5.74) is 1.55. The number of nitrogens with one attached hydrogen (secondary N) is 1. The quantitative estimate of drug-likeness (QED) is 0.779. The molecule has 4 bridgehead atoms. The number of rotatable bonds is 6. The number of amides is 1. The van der Waals surface area contributed by atoms with Crippen molar-refractivity contribution in [2.45, 2.75) is 44.9 Å². The minimum absolute atomic E-state index is 0.0144. The van der Waals surface area contributed by atoms with Crippen molar-refractivity contribution in [2.75, 3.05) is 13.7 Å². The predicted molar refractivity (Wildman–Crippen MR) is 100 cm³/mol. The number of hydrogen-bond acceptors (Lipinski definition) is 2. The Bertz CT molecular complexity index is 611. The van der Waals surface area contributed by atoms with Crippen LogP contribution in [0.25, 0.3) is 6.08 Å². The highest BCUT2D eigenvalue weighted by Crippen LogP contribution is 2.61. The molecule has 0 atom stereocenters. The van der Waals surface area contributed by atoms with Crippen molar-refractivity contribution >= 4 is 12.0 Å². The minimum Gasteiger partial charge on any atom is -0.497 e. The fourth-order valence-corrected chi connectivity index (χ4v) is 5.99. The Balaban J connectivity index is 1.25. The van der Waals surface area contributed by atoms with Gasteiger partial charge in [-0.15, -0.1) is 0 Å². The highest BCUT2D eigenvalue weighted by molar-refractivity contribution is 5.91. The van der Waals surface area contributed by atoms with Gasteiger partial charge in [-0.1, -0.05) is 12.1 Å². The molecule has 0 radical (unpaired) electrons. The molecule has 3 heteroatoms. The molecule has 1 N–H and O–H groups in total. The van der Waals surface area contributed by atoms with Gasteiger partial charge >= 0.3 is 0 Å². The average Bonchev–Trinajstić information content (AvgIpc) is 2.59. The third-order valence-corrected chi connectivity index (χ3v) is 6.66. The highest BCUT2D eigenvalue weighted by atomic mass is 16.5. The van der Waals surface area contributed by atoms with Gasteiger partial charge in [-0.2, -0.15) is 0 Å². The molecule has 0 aromatic heterocycles. The van der Waals surface area contributed by atoms with Crippen molar-refractivity contribution in [3.8, 4) is 5.75 Å². The smallest absolute Gasteiger partial charge is 0.243 e. The third-order valence-electron chi connectivity index (χ3n) is 6.66. The largest absolute Gasteiger partial charge is 0.497 e. The molecule has 0 heterocycles. The first-order chi connectivity index (χ1) is 12.1. The first-order valence-electron chi connectivity index (χ1n) is 9.74. The first kappa shape index (κ1) is 16.7. The zero-order valence-electron chi connectivity index (χ0n) is 15.2. The number of hydrogen-bond donors (Lipinski definition) is 1. The number of carbonyl (C=O) groups is 1. The number of benzene rings is 1. The zero-order chi connectivity index (χ0) is 17.3. The SMILES string of the molecule is COc1ccc(/C=C/C(=O)NCCC23CC4CC(CC(C4)C2)C3)cc1.